The van der Waals surface area contributed by atoms with E-state index in [2.05, 4.69) is 15.6 Å². The quantitative estimate of drug-likeness (QED) is 0.197. The molecule has 252 valence electrons. The number of nitrogens with two attached hydrogens (primary N) is 1. The lowest BCUT2D eigenvalue weighted by Crippen LogP contribution is -2.58. The fourth-order valence-electron chi connectivity index (χ4n) is 5.33. The number of amides is 4. The molecule has 1 aliphatic rings. The van der Waals surface area contributed by atoms with Crippen LogP contribution in [0.15, 0.2) is 65.5 Å². The Kier molecular flexibility index (Phi) is 12.5. The van der Waals surface area contributed by atoms with E-state index in [1.54, 1.807) is 35.4 Å². The largest absolute Gasteiger partial charge is 0.494 e. The van der Waals surface area contributed by atoms with Crippen LogP contribution in [0.4, 0.5) is 0 Å². The van der Waals surface area contributed by atoms with Crippen molar-refractivity contribution in [3.05, 3.63) is 72.2 Å². The molecule has 47 heavy (non-hydrogen) atoms. The lowest BCUT2D eigenvalue weighted by molar-refractivity contribution is -0.144. The first kappa shape index (κ1) is 35.1. The number of rotatable bonds is 16. The summed E-state index contributed by atoms with van der Waals surface area (Å²) in [6.45, 7) is 7.18. The number of likely N-dealkylation sites (tertiary alicyclic amines) is 1. The van der Waals surface area contributed by atoms with Gasteiger partial charge in [0.2, 0.25) is 23.6 Å². The zero-order chi connectivity index (χ0) is 33.8. The molecule has 0 spiro atoms. The molecule has 1 aromatic heterocycles. The van der Waals surface area contributed by atoms with Crippen LogP contribution in [-0.4, -0.2) is 72.0 Å². The van der Waals surface area contributed by atoms with E-state index in [0.29, 0.717) is 56.2 Å². The van der Waals surface area contributed by atoms with Crippen LogP contribution in [-0.2, 0) is 25.7 Å². The fourth-order valence-corrected chi connectivity index (χ4v) is 5.33. The van der Waals surface area contributed by atoms with E-state index < -0.39 is 23.4 Å². The number of carbonyl (C=O) groups excluding carboxylic acids is 4. The molecule has 2 heterocycles. The molecule has 0 bridgehead atoms. The van der Waals surface area contributed by atoms with Crippen LogP contribution < -0.4 is 21.1 Å². The molecule has 0 aliphatic carbocycles. The zero-order valence-corrected chi connectivity index (χ0v) is 27.3. The van der Waals surface area contributed by atoms with Crippen molar-refractivity contribution >= 4 is 23.6 Å². The highest BCUT2D eigenvalue weighted by molar-refractivity contribution is 5.93. The molecule has 1 fully saturated rings. The number of hydrogen-bond acceptors (Lipinski definition) is 8. The second-order valence-corrected chi connectivity index (χ2v) is 12.7. The highest BCUT2D eigenvalue weighted by Crippen LogP contribution is 2.26. The molecule has 2 aromatic carbocycles. The molecule has 4 amide bonds. The summed E-state index contributed by atoms with van der Waals surface area (Å²) < 4.78 is 16.6. The van der Waals surface area contributed by atoms with Crippen molar-refractivity contribution in [2.24, 2.45) is 11.1 Å². The minimum atomic E-state index is -0.815. The summed E-state index contributed by atoms with van der Waals surface area (Å²) in [6.07, 6.45) is 6.67. The Balaban J connectivity index is 1.17. The lowest BCUT2D eigenvalue weighted by atomic mass is 9.85. The van der Waals surface area contributed by atoms with Crippen LogP contribution >= 0.6 is 0 Å². The van der Waals surface area contributed by atoms with Gasteiger partial charge in [-0.3, -0.25) is 19.2 Å². The summed E-state index contributed by atoms with van der Waals surface area (Å²) in [6, 6.07) is 12.9. The predicted molar refractivity (Wildman–Crippen MR) is 175 cm³/mol. The lowest BCUT2D eigenvalue weighted by Gasteiger charge is -2.35. The van der Waals surface area contributed by atoms with E-state index in [-0.39, 0.29) is 24.3 Å². The van der Waals surface area contributed by atoms with Crippen molar-refractivity contribution in [2.75, 3.05) is 26.4 Å². The first-order valence-corrected chi connectivity index (χ1v) is 16.0. The van der Waals surface area contributed by atoms with E-state index in [1.807, 2.05) is 45.0 Å². The second kappa shape index (κ2) is 16.7. The van der Waals surface area contributed by atoms with E-state index >= 15 is 0 Å². The van der Waals surface area contributed by atoms with E-state index in [9.17, 15) is 19.2 Å². The average Bonchev–Trinajstić information content (AvgIpc) is 3.77. The summed E-state index contributed by atoms with van der Waals surface area (Å²) in [5, 5.41) is 5.83. The number of nitrogens with zero attached hydrogens (tertiary/aromatic N) is 2. The first-order chi connectivity index (χ1) is 22.5. The Morgan fingerprint density at radius 3 is 2.40 bits per heavy atom. The van der Waals surface area contributed by atoms with Gasteiger partial charge >= 0.3 is 0 Å². The minimum absolute atomic E-state index is 0.165. The molecule has 1 saturated heterocycles. The number of nitrogens with one attached hydrogen (secondary N) is 2. The first-order valence-electron chi connectivity index (χ1n) is 16.0. The molecule has 1 aliphatic heterocycles. The maximum absolute atomic E-state index is 13.7. The van der Waals surface area contributed by atoms with Gasteiger partial charge in [0, 0.05) is 30.8 Å². The van der Waals surface area contributed by atoms with Crippen LogP contribution in [0.25, 0.3) is 11.3 Å². The predicted octanol–water partition coefficient (Wildman–Crippen LogP) is 3.84. The van der Waals surface area contributed by atoms with Crippen molar-refractivity contribution in [1.29, 1.82) is 0 Å². The molecule has 12 nitrogen and oxygen atoms in total. The number of oxazole rings is 1. The van der Waals surface area contributed by atoms with Crippen LogP contribution in [0, 0.1) is 5.41 Å². The van der Waals surface area contributed by atoms with Gasteiger partial charge in [0.1, 0.15) is 24.4 Å². The second-order valence-electron chi connectivity index (χ2n) is 12.7. The van der Waals surface area contributed by atoms with Crippen molar-refractivity contribution in [3.8, 4) is 17.1 Å². The van der Waals surface area contributed by atoms with Gasteiger partial charge < -0.3 is 35.2 Å². The third-order valence-electron chi connectivity index (χ3n) is 7.97. The van der Waals surface area contributed by atoms with Gasteiger partial charge in [-0.05, 0) is 67.3 Å². The van der Waals surface area contributed by atoms with Gasteiger partial charge in [0.15, 0.2) is 12.2 Å². The Morgan fingerprint density at radius 2 is 1.74 bits per heavy atom. The number of unbranched alkanes of at least 4 members (excludes halogenated alkanes) is 2. The molecular weight excluding hydrogens is 602 g/mol. The molecule has 0 unspecified atom stereocenters. The maximum Gasteiger partial charge on any atom is 0.248 e. The number of primary amides is 1. The van der Waals surface area contributed by atoms with Gasteiger partial charge in [0.05, 0.1) is 12.8 Å². The van der Waals surface area contributed by atoms with Gasteiger partial charge in [0.25, 0.3) is 0 Å². The summed E-state index contributed by atoms with van der Waals surface area (Å²) in [4.78, 5) is 56.4. The SMILES string of the molecule is CC(C)(C)[C@H](NC(=O)COCCCCCOc1ccc(C(N)=O)cc1)C(=O)N1CCC[C@H]1C(=O)NCc1ccc(-c2cnco2)cc1. The number of carbonyl (C=O) groups is 4. The molecule has 2 atom stereocenters. The average molecular weight is 648 g/mol. The maximum atomic E-state index is 13.7. The molecule has 12 heteroatoms. The standard InChI is InChI=1S/C35H45N5O7/c1-35(2,3)31(39-30(41)22-45-18-5-4-6-19-46-27-15-13-26(14-16-27)32(36)42)34(44)40-17-7-8-28(40)33(43)38-20-24-9-11-25(12-10-24)29-21-37-23-47-29/h9-16,21,23,28,31H,4-8,17-20,22H2,1-3H3,(H2,36,42)(H,38,43)(H,39,41)/t28-,31+/m0/s1. The van der Waals surface area contributed by atoms with Crippen molar-refractivity contribution in [1.82, 2.24) is 20.5 Å². The summed E-state index contributed by atoms with van der Waals surface area (Å²) >= 11 is 0. The van der Waals surface area contributed by atoms with Crippen LogP contribution in [0.2, 0.25) is 0 Å². The molecule has 0 radical (unpaired) electrons. The van der Waals surface area contributed by atoms with Crippen molar-refractivity contribution < 1.29 is 33.1 Å². The number of ether oxygens (including phenoxy) is 2. The van der Waals surface area contributed by atoms with Gasteiger partial charge in [-0.15, -0.1) is 0 Å². The molecular formula is C35H45N5O7. The highest BCUT2D eigenvalue weighted by atomic mass is 16.5. The van der Waals surface area contributed by atoms with Crippen LogP contribution in [0.1, 0.15) is 68.8 Å². The smallest absolute Gasteiger partial charge is 0.248 e. The topological polar surface area (TPSA) is 166 Å². The highest BCUT2D eigenvalue weighted by Gasteiger charge is 2.41. The van der Waals surface area contributed by atoms with Crippen molar-refractivity contribution in [2.45, 2.75) is 71.5 Å². The monoisotopic (exact) mass is 647 g/mol. The Labute approximate surface area is 275 Å². The fraction of sp³-hybridized carbons (Fsp3) is 0.457. The minimum Gasteiger partial charge on any atom is -0.494 e. The van der Waals surface area contributed by atoms with E-state index in [1.165, 1.54) is 6.39 Å². The molecule has 0 saturated carbocycles. The summed E-state index contributed by atoms with van der Waals surface area (Å²) in [7, 11) is 0. The summed E-state index contributed by atoms with van der Waals surface area (Å²) in [5.41, 5.74) is 6.90. The third-order valence-corrected chi connectivity index (χ3v) is 7.97. The third kappa shape index (κ3) is 10.4. The number of benzene rings is 2. The van der Waals surface area contributed by atoms with E-state index in [4.69, 9.17) is 19.6 Å². The van der Waals surface area contributed by atoms with Gasteiger partial charge in [-0.1, -0.05) is 45.0 Å². The Morgan fingerprint density at radius 1 is 1.02 bits per heavy atom. The molecule has 4 N–H and O–H groups in total. The zero-order valence-electron chi connectivity index (χ0n) is 27.3. The van der Waals surface area contributed by atoms with Crippen LogP contribution in [0.3, 0.4) is 0 Å². The number of aromatic nitrogens is 1. The van der Waals surface area contributed by atoms with E-state index in [0.717, 1.165) is 30.4 Å². The summed E-state index contributed by atoms with van der Waals surface area (Å²) in [5.74, 6) is -0.0234. The number of hydrogen-bond donors (Lipinski definition) is 3. The van der Waals surface area contributed by atoms with Crippen molar-refractivity contribution in [3.63, 3.8) is 0 Å². The normalized spacial score (nSPS) is 15.2. The van der Waals surface area contributed by atoms with Gasteiger partial charge in [-0.2, -0.15) is 0 Å². The Hall–Kier alpha value is -4.71. The Bertz CT molecular complexity index is 1470. The van der Waals surface area contributed by atoms with Crippen LogP contribution in [0.5, 0.6) is 5.75 Å². The van der Waals surface area contributed by atoms with Gasteiger partial charge in [-0.25, -0.2) is 4.98 Å². The molecule has 3 aromatic rings. The molecule has 4 rings (SSSR count).